The van der Waals surface area contributed by atoms with E-state index in [2.05, 4.69) is 18.0 Å². The fraction of sp³-hybridized carbons (Fsp3) is 0.278. The van der Waals surface area contributed by atoms with E-state index in [-0.39, 0.29) is 17.5 Å². The Kier molecular flexibility index (Phi) is 3.31. The van der Waals surface area contributed by atoms with Crippen molar-refractivity contribution in [1.29, 1.82) is 0 Å². The molecule has 1 unspecified atom stereocenters. The Morgan fingerprint density at radius 3 is 2.88 bits per heavy atom. The Morgan fingerprint density at radius 1 is 1.33 bits per heavy atom. The predicted molar refractivity (Wildman–Crippen MR) is 96.0 cm³/mol. The molecule has 3 heterocycles. The lowest BCUT2D eigenvalue weighted by Crippen LogP contribution is -2.35. The van der Waals surface area contributed by atoms with Gasteiger partial charge in [-0.15, -0.1) is 11.3 Å². The van der Waals surface area contributed by atoms with Gasteiger partial charge >= 0.3 is 0 Å². The Labute approximate surface area is 143 Å². The number of aromatic nitrogens is 2. The Morgan fingerprint density at radius 2 is 2.08 bits per heavy atom. The average Bonchev–Trinajstić information content (AvgIpc) is 3.07. The van der Waals surface area contributed by atoms with Crippen molar-refractivity contribution in [2.45, 2.75) is 26.3 Å². The number of amides is 1. The van der Waals surface area contributed by atoms with Crippen molar-refractivity contribution in [2.24, 2.45) is 7.05 Å². The molecule has 1 amide bonds. The molecule has 1 aliphatic heterocycles. The molecule has 6 heteroatoms. The summed E-state index contributed by atoms with van der Waals surface area (Å²) in [6.07, 6.45) is 2.36. The lowest BCUT2D eigenvalue weighted by Gasteiger charge is -2.22. The number of fused-ring (bicyclic) bond motifs is 2. The lowest BCUT2D eigenvalue weighted by molar-refractivity contribution is 0.0985. The van der Waals surface area contributed by atoms with Gasteiger partial charge in [-0.25, -0.2) is 4.98 Å². The summed E-state index contributed by atoms with van der Waals surface area (Å²) >= 11 is 1.30. The average molecular weight is 339 g/mol. The number of benzene rings is 1. The number of nitrogens with zero attached hydrogens (tertiary/aromatic N) is 3. The van der Waals surface area contributed by atoms with E-state index in [0.29, 0.717) is 15.1 Å². The van der Waals surface area contributed by atoms with Gasteiger partial charge in [-0.05, 0) is 37.5 Å². The van der Waals surface area contributed by atoms with Gasteiger partial charge in [0, 0.05) is 18.8 Å². The molecule has 3 aromatic rings. The number of thiophene rings is 1. The maximum Gasteiger partial charge on any atom is 0.268 e. The monoisotopic (exact) mass is 339 g/mol. The third-order valence-electron chi connectivity index (χ3n) is 4.63. The van der Waals surface area contributed by atoms with Gasteiger partial charge < -0.3 is 9.47 Å². The third kappa shape index (κ3) is 2.03. The summed E-state index contributed by atoms with van der Waals surface area (Å²) in [5.41, 5.74) is 2.77. The van der Waals surface area contributed by atoms with Crippen LogP contribution in [0.4, 0.5) is 5.69 Å². The molecule has 2 aromatic heterocycles. The highest BCUT2D eigenvalue weighted by molar-refractivity contribution is 7.20. The molecule has 0 fully saturated rings. The van der Waals surface area contributed by atoms with Gasteiger partial charge in [0.2, 0.25) is 0 Å². The topological polar surface area (TPSA) is 55.2 Å². The summed E-state index contributed by atoms with van der Waals surface area (Å²) in [6.45, 7) is 3.89. The first-order chi connectivity index (χ1) is 11.5. The molecule has 1 atom stereocenters. The maximum atomic E-state index is 13.2. The van der Waals surface area contributed by atoms with Gasteiger partial charge in [-0.3, -0.25) is 9.59 Å². The van der Waals surface area contributed by atoms with Crippen LogP contribution in [0.1, 0.15) is 27.7 Å². The maximum absolute atomic E-state index is 13.2. The lowest BCUT2D eigenvalue weighted by atomic mass is 10.1. The minimum atomic E-state index is -0.109. The van der Waals surface area contributed by atoms with Gasteiger partial charge in [0.05, 0.1) is 16.6 Å². The van der Waals surface area contributed by atoms with Crippen molar-refractivity contribution in [3.05, 3.63) is 57.0 Å². The molecule has 122 valence electrons. The van der Waals surface area contributed by atoms with Crippen molar-refractivity contribution in [3.63, 3.8) is 0 Å². The van der Waals surface area contributed by atoms with E-state index >= 15 is 0 Å². The minimum absolute atomic E-state index is 0.0463. The van der Waals surface area contributed by atoms with Crippen LogP contribution in [0.25, 0.3) is 10.2 Å². The van der Waals surface area contributed by atoms with E-state index in [0.717, 1.165) is 17.7 Å². The van der Waals surface area contributed by atoms with E-state index < -0.39 is 0 Å². The van der Waals surface area contributed by atoms with E-state index in [4.69, 9.17) is 0 Å². The second-order valence-corrected chi connectivity index (χ2v) is 7.25. The Balaban J connectivity index is 1.87. The van der Waals surface area contributed by atoms with E-state index in [1.54, 1.807) is 7.05 Å². The SMILES string of the molecule is Cc1c(C(=O)N2c3ccccc3CC2C)sc2ncn(C)c(=O)c12. The Hall–Kier alpha value is -2.47. The second-order valence-electron chi connectivity index (χ2n) is 6.25. The molecule has 24 heavy (non-hydrogen) atoms. The Bertz CT molecular complexity index is 1030. The number of hydrogen-bond donors (Lipinski definition) is 0. The number of carbonyl (C=O) groups is 1. The van der Waals surface area contributed by atoms with Crippen LogP contribution in [0.5, 0.6) is 0 Å². The van der Waals surface area contributed by atoms with Crippen molar-refractivity contribution < 1.29 is 4.79 Å². The zero-order valence-electron chi connectivity index (χ0n) is 13.7. The minimum Gasteiger partial charge on any atom is -0.304 e. The molecule has 4 rings (SSSR count). The fourth-order valence-electron chi connectivity index (χ4n) is 3.40. The van der Waals surface area contributed by atoms with Crippen LogP contribution in [0, 0.1) is 6.92 Å². The van der Waals surface area contributed by atoms with Crippen molar-refractivity contribution in [2.75, 3.05) is 4.90 Å². The molecule has 0 bridgehead atoms. The number of para-hydroxylation sites is 1. The fourth-order valence-corrected chi connectivity index (χ4v) is 4.47. The molecule has 0 saturated heterocycles. The van der Waals surface area contributed by atoms with Crippen LogP contribution in [0.2, 0.25) is 0 Å². The van der Waals surface area contributed by atoms with Crippen LogP contribution >= 0.6 is 11.3 Å². The van der Waals surface area contributed by atoms with Gasteiger partial charge in [0.25, 0.3) is 11.5 Å². The van der Waals surface area contributed by atoms with Crippen molar-refractivity contribution in [1.82, 2.24) is 9.55 Å². The number of rotatable bonds is 1. The van der Waals surface area contributed by atoms with Gasteiger partial charge in [0.15, 0.2) is 0 Å². The molecule has 0 saturated carbocycles. The van der Waals surface area contributed by atoms with E-state index in [1.807, 2.05) is 30.0 Å². The molecule has 0 aliphatic carbocycles. The standard InChI is InChI=1S/C18H17N3O2S/c1-10-8-12-6-4-5-7-13(12)21(10)18(23)15-11(2)14-16(24-15)19-9-20(3)17(14)22/h4-7,9-10H,8H2,1-3H3. The summed E-state index contributed by atoms with van der Waals surface area (Å²) in [4.78, 5) is 33.0. The molecule has 1 aliphatic rings. The quantitative estimate of drug-likeness (QED) is 0.685. The van der Waals surface area contributed by atoms with Gasteiger partial charge in [-0.1, -0.05) is 18.2 Å². The molecule has 0 radical (unpaired) electrons. The second kappa shape index (κ2) is 5.27. The highest BCUT2D eigenvalue weighted by Crippen LogP contribution is 2.36. The number of anilines is 1. The number of carbonyl (C=O) groups excluding carboxylic acids is 1. The third-order valence-corrected chi connectivity index (χ3v) is 5.82. The molecule has 1 aromatic carbocycles. The van der Waals surface area contributed by atoms with Gasteiger partial charge in [0.1, 0.15) is 4.83 Å². The zero-order chi connectivity index (χ0) is 17.0. The first-order valence-electron chi connectivity index (χ1n) is 7.85. The van der Waals surface area contributed by atoms with Crippen LogP contribution < -0.4 is 10.5 Å². The summed E-state index contributed by atoms with van der Waals surface area (Å²) in [6, 6.07) is 8.10. The molecular weight excluding hydrogens is 322 g/mol. The van der Waals surface area contributed by atoms with Crippen molar-refractivity contribution >= 4 is 33.1 Å². The summed E-state index contributed by atoms with van der Waals surface area (Å²) in [7, 11) is 1.67. The summed E-state index contributed by atoms with van der Waals surface area (Å²) in [5.74, 6) is -0.0463. The number of aryl methyl sites for hydroxylation is 2. The molecular formula is C18H17N3O2S. The van der Waals surface area contributed by atoms with Crippen LogP contribution in [-0.4, -0.2) is 21.5 Å². The van der Waals surface area contributed by atoms with Crippen LogP contribution in [-0.2, 0) is 13.5 Å². The van der Waals surface area contributed by atoms with Crippen LogP contribution in [0.3, 0.4) is 0 Å². The number of hydrogen-bond acceptors (Lipinski definition) is 4. The first kappa shape index (κ1) is 15.1. The van der Waals surface area contributed by atoms with E-state index in [1.165, 1.54) is 27.8 Å². The normalized spacial score (nSPS) is 16.6. The summed E-state index contributed by atoms with van der Waals surface area (Å²) < 4.78 is 1.45. The molecule has 5 nitrogen and oxygen atoms in total. The molecule has 0 N–H and O–H groups in total. The van der Waals surface area contributed by atoms with E-state index in [9.17, 15) is 9.59 Å². The highest BCUT2D eigenvalue weighted by atomic mass is 32.1. The smallest absolute Gasteiger partial charge is 0.268 e. The highest BCUT2D eigenvalue weighted by Gasteiger charge is 2.33. The first-order valence-corrected chi connectivity index (χ1v) is 8.67. The van der Waals surface area contributed by atoms with Crippen LogP contribution in [0.15, 0.2) is 35.4 Å². The van der Waals surface area contributed by atoms with Gasteiger partial charge in [-0.2, -0.15) is 0 Å². The zero-order valence-corrected chi connectivity index (χ0v) is 14.6. The predicted octanol–water partition coefficient (Wildman–Crippen LogP) is 2.89. The van der Waals surface area contributed by atoms with Crippen molar-refractivity contribution in [3.8, 4) is 0 Å². The summed E-state index contributed by atoms with van der Waals surface area (Å²) in [5, 5.41) is 0.550. The largest absolute Gasteiger partial charge is 0.304 e. The molecule has 0 spiro atoms.